The van der Waals surface area contributed by atoms with Crippen LogP contribution in [0.15, 0.2) is 36.4 Å². The van der Waals surface area contributed by atoms with Gasteiger partial charge in [0, 0.05) is 11.3 Å². The molecule has 0 saturated carbocycles. The number of carbonyl (C=O) groups excluding carboxylic acids is 1. The lowest BCUT2D eigenvalue weighted by Gasteiger charge is -2.03. The van der Waals surface area contributed by atoms with Crippen molar-refractivity contribution < 1.29 is 14.7 Å². The topological polar surface area (TPSA) is 72.2 Å². The second-order valence-corrected chi connectivity index (χ2v) is 4.33. The van der Waals surface area contributed by atoms with E-state index in [1.165, 1.54) is 6.08 Å². The number of benzene rings is 1. The number of hydrogen-bond acceptors (Lipinski definition) is 3. The third kappa shape index (κ3) is 2.66. The van der Waals surface area contributed by atoms with E-state index in [1.54, 1.807) is 4.68 Å². The molecule has 0 bridgehead atoms. The van der Waals surface area contributed by atoms with E-state index in [2.05, 4.69) is 5.10 Å². The average molecular weight is 270 g/mol. The van der Waals surface area contributed by atoms with Crippen LogP contribution in [0.25, 0.3) is 11.8 Å². The minimum atomic E-state index is -1.47. The first-order valence-electron chi connectivity index (χ1n) is 6.07. The van der Waals surface area contributed by atoms with Crippen molar-refractivity contribution >= 4 is 17.8 Å². The summed E-state index contributed by atoms with van der Waals surface area (Å²) in [5, 5.41) is 13.0. The van der Waals surface area contributed by atoms with Crippen LogP contribution in [0.1, 0.15) is 17.0 Å². The van der Waals surface area contributed by atoms with Gasteiger partial charge in [-0.05, 0) is 38.1 Å². The van der Waals surface area contributed by atoms with Crippen LogP contribution in [0.5, 0.6) is 0 Å². The van der Waals surface area contributed by atoms with Crippen LogP contribution in [0.2, 0.25) is 0 Å². The Morgan fingerprint density at radius 2 is 1.85 bits per heavy atom. The summed E-state index contributed by atoms with van der Waals surface area (Å²) < 4.78 is 1.76. The molecule has 0 saturated heterocycles. The zero-order valence-corrected chi connectivity index (χ0v) is 11.2. The molecule has 1 aromatic heterocycles. The quantitative estimate of drug-likeness (QED) is 0.682. The predicted octanol–water partition coefficient (Wildman–Crippen LogP) is 2.16. The molecule has 102 valence electrons. The number of nitrogens with zero attached hydrogens (tertiary/aromatic N) is 2. The predicted molar refractivity (Wildman–Crippen MR) is 74.7 cm³/mol. The first kappa shape index (κ1) is 13.7. The number of aromatic nitrogens is 2. The third-order valence-electron chi connectivity index (χ3n) is 2.96. The van der Waals surface area contributed by atoms with E-state index in [4.69, 9.17) is 5.11 Å². The molecular weight excluding hydrogens is 256 g/mol. The lowest BCUT2D eigenvalue weighted by Crippen LogP contribution is -2.08. The maximum atomic E-state index is 11.1. The molecular formula is C15H14N2O3. The minimum absolute atomic E-state index is 0.737. The molecule has 5 heteroatoms. The van der Waals surface area contributed by atoms with Crippen LogP contribution in [0.3, 0.4) is 0 Å². The monoisotopic (exact) mass is 270 g/mol. The molecule has 2 aromatic rings. The van der Waals surface area contributed by atoms with Gasteiger partial charge in [-0.25, -0.2) is 9.48 Å². The SMILES string of the molecule is Cc1nn(-c2ccccc2)c(C)c1/C=C/C(=O)C(=O)O. The smallest absolute Gasteiger partial charge is 0.376 e. The van der Waals surface area contributed by atoms with Crippen LogP contribution in [-0.2, 0) is 9.59 Å². The molecule has 0 fully saturated rings. The molecule has 0 aliphatic rings. The van der Waals surface area contributed by atoms with Gasteiger partial charge in [0.05, 0.1) is 11.4 Å². The Balaban J connectivity index is 2.40. The highest BCUT2D eigenvalue weighted by atomic mass is 16.4. The second-order valence-electron chi connectivity index (χ2n) is 4.33. The number of hydrogen-bond donors (Lipinski definition) is 1. The highest BCUT2D eigenvalue weighted by Crippen LogP contribution is 2.19. The largest absolute Gasteiger partial charge is 0.475 e. The van der Waals surface area contributed by atoms with E-state index >= 15 is 0 Å². The van der Waals surface area contributed by atoms with E-state index in [-0.39, 0.29) is 0 Å². The minimum Gasteiger partial charge on any atom is -0.475 e. The molecule has 20 heavy (non-hydrogen) atoms. The van der Waals surface area contributed by atoms with Gasteiger partial charge in [0.25, 0.3) is 5.78 Å². The lowest BCUT2D eigenvalue weighted by molar-refractivity contribution is -0.146. The average Bonchev–Trinajstić information content (AvgIpc) is 2.72. The molecule has 0 radical (unpaired) electrons. The first-order valence-corrected chi connectivity index (χ1v) is 6.07. The van der Waals surface area contributed by atoms with Crippen molar-refractivity contribution in [2.45, 2.75) is 13.8 Å². The van der Waals surface area contributed by atoms with Crippen molar-refractivity contribution in [3.63, 3.8) is 0 Å². The fourth-order valence-corrected chi connectivity index (χ4v) is 1.95. The maximum absolute atomic E-state index is 11.1. The molecule has 1 N–H and O–H groups in total. The highest BCUT2D eigenvalue weighted by Gasteiger charge is 2.12. The van der Waals surface area contributed by atoms with E-state index in [1.807, 2.05) is 44.2 Å². The van der Waals surface area contributed by atoms with Crippen molar-refractivity contribution in [1.29, 1.82) is 0 Å². The fourth-order valence-electron chi connectivity index (χ4n) is 1.95. The summed E-state index contributed by atoms with van der Waals surface area (Å²) in [6.07, 6.45) is 2.54. The summed E-state index contributed by atoms with van der Waals surface area (Å²) in [5.41, 5.74) is 3.25. The molecule has 0 unspecified atom stereocenters. The van der Waals surface area contributed by atoms with Gasteiger partial charge in [-0.2, -0.15) is 5.10 Å². The van der Waals surface area contributed by atoms with Crippen LogP contribution in [-0.4, -0.2) is 26.6 Å². The first-order chi connectivity index (χ1) is 9.50. The number of carbonyl (C=O) groups is 2. The summed E-state index contributed by atoms with van der Waals surface area (Å²) in [4.78, 5) is 21.6. The zero-order chi connectivity index (χ0) is 14.7. The van der Waals surface area contributed by atoms with E-state index in [9.17, 15) is 9.59 Å². The molecule has 0 aliphatic carbocycles. The van der Waals surface area contributed by atoms with E-state index in [0.717, 1.165) is 28.7 Å². The van der Waals surface area contributed by atoms with Gasteiger partial charge in [0.2, 0.25) is 0 Å². The van der Waals surface area contributed by atoms with Gasteiger partial charge < -0.3 is 5.11 Å². The summed E-state index contributed by atoms with van der Waals surface area (Å²) in [6, 6.07) is 9.59. The molecule has 5 nitrogen and oxygen atoms in total. The molecule has 0 spiro atoms. The molecule has 1 heterocycles. The van der Waals surface area contributed by atoms with Gasteiger partial charge in [-0.15, -0.1) is 0 Å². The summed E-state index contributed by atoms with van der Waals surface area (Å²) in [5.74, 6) is -2.41. The number of aryl methyl sites for hydroxylation is 1. The van der Waals surface area contributed by atoms with Gasteiger partial charge >= 0.3 is 5.97 Å². The number of carboxylic acids is 1. The van der Waals surface area contributed by atoms with Crippen molar-refractivity contribution in [1.82, 2.24) is 9.78 Å². The fraction of sp³-hybridized carbons (Fsp3) is 0.133. The van der Waals surface area contributed by atoms with Crippen LogP contribution >= 0.6 is 0 Å². The number of rotatable bonds is 4. The summed E-state index contributed by atoms with van der Waals surface area (Å²) in [7, 11) is 0. The maximum Gasteiger partial charge on any atom is 0.376 e. The molecule has 0 amide bonds. The number of para-hydroxylation sites is 1. The normalized spacial score (nSPS) is 10.9. The standard InChI is InChI=1S/C15H14N2O3/c1-10-13(8-9-14(18)15(19)20)11(2)17(16-10)12-6-4-3-5-7-12/h3-9H,1-2H3,(H,19,20)/b9-8+. The number of ketones is 1. The van der Waals surface area contributed by atoms with Crippen LogP contribution in [0.4, 0.5) is 0 Å². The van der Waals surface area contributed by atoms with Gasteiger partial charge in [0.1, 0.15) is 0 Å². The number of aliphatic carboxylic acids is 1. The Bertz CT molecular complexity index is 685. The Kier molecular flexibility index (Phi) is 3.79. The number of carboxylic acid groups (broad SMARTS) is 1. The Morgan fingerprint density at radius 3 is 2.45 bits per heavy atom. The van der Waals surface area contributed by atoms with Crippen molar-refractivity contribution in [2.75, 3.05) is 0 Å². The van der Waals surface area contributed by atoms with Gasteiger partial charge in [0.15, 0.2) is 0 Å². The zero-order valence-electron chi connectivity index (χ0n) is 11.2. The molecule has 0 aliphatic heterocycles. The van der Waals surface area contributed by atoms with Crippen molar-refractivity contribution in [3.8, 4) is 5.69 Å². The molecule has 2 rings (SSSR count). The Morgan fingerprint density at radius 1 is 1.20 bits per heavy atom. The molecule has 1 aromatic carbocycles. The van der Waals surface area contributed by atoms with Crippen LogP contribution in [0, 0.1) is 13.8 Å². The highest BCUT2D eigenvalue weighted by molar-refractivity contribution is 6.38. The Labute approximate surface area is 116 Å². The van der Waals surface area contributed by atoms with E-state index in [0.29, 0.717) is 0 Å². The van der Waals surface area contributed by atoms with Gasteiger partial charge in [-0.1, -0.05) is 18.2 Å². The van der Waals surface area contributed by atoms with E-state index < -0.39 is 11.8 Å². The third-order valence-corrected chi connectivity index (χ3v) is 2.96. The molecule has 0 atom stereocenters. The summed E-state index contributed by atoms with van der Waals surface area (Å²) >= 11 is 0. The van der Waals surface area contributed by atoms with Gasteiger partial charge in [-0.3, -0.25) is 4.79 Å². The van der Waals surface area contributed by atoms with Crippen molar-refractivity contribution in [2.24, 2.45) is 0 Å². The second kappa shape index (κ2) is 5.52. The Hall–Kier alpha value is -2.69. The van der Waals surface area contributed by atoms with Crippen LogP contribution < -0.4 is 0 Å². The summed E-state index contributed by atoms with van der Waals surface area (Å²) in [6.45, 7) is 3.69. The lowest BCUT2D eigenvalue weighted by atomic mass is 10.1. The van der Waals surface area contributed by atoms with Crippen molar-refractivity contribution in [3.05, 3.63) is 53.4 Å².